The van der Waals surface area contributed by atoms with Crippen molar-refractivity contribution in [2.24, 2.45) is 0 Å². The molecule has 0 aromatic heterocycles. The largest absolute Gasteiger partial charge is 0.444 e. The summed E-state index contributed by atoms with van der Waals surface area (Å²) < 4.78 is 33.8. The van der Waals surface area contributed by atoms with E-state index in [0.29, 0.717) is 5.56 Å². The van der Waals surface area contributed by atoms with Crippen molar-refractivity contribution in [3.05, 3.63) is 68.8 Å². The van der Waals surface area contributed by atoms with Crippen LogP contribution in [-0.2, 0) is 16.7 Å². The number of alkyl carbamates (subject to hydrolysis) is 1. The Morgan fingerprint density at radius 3 is 2.41 bits per heavy atom. The molecular formula is C24H29F2IN2O3. The highest BCUT2D eigenvalue weighted by molar-refractivity contribution is 14.1. The molecule has 2 unspecified atom stereocenters. The van der Waals surface area contributed by atoms with Gasteiger partial charge in [0.15, 0.2) is 0 Å². The van der Waals surface area contributed by atoms with Gasteiger partial charge in [0.25, 0.3) is 0 Å². The highest BCUT2D eigenvalue weighted by Gasteiger charge is 2.44. The van der Waals surface area contributed by atoms with Crippen molar-refractivity contribution in [2.75, 3.05) is 6.54 Å². The third-order valence-corrected chi connectivity index (χ3v) is 5.99. The molecule has 5 nitrogen and oxygen atoms in total. The molecule has 0 aliphatic heterocycles. The van der Waals surface area contributed by atoms with E-state index in [2.05, 4.69) is 45.4 Å². The summed E-state index contributed by atoms with van der Waals surface area (Å²) in [6.45, 7) is 5.41. The van der Waals surface area contributed by atoms with E-state index in [0.717, 1.165) is 28.0 Å². The molecule has 1 aliphatic carbocycles. The Balaban J connectivity index is 1.72. The maximum atomic E-state index is 13.7. The zero-order valence-corrected chi connectivity index (χ0v) is 20.6. The number of halogens is 3. The van der Waals surface area contributed by atoms with Crippen molar-refractivity contribution in [3.8, 4) is 0 Å². The van der Waals surface area contributed by atoms with Crippen LogP contribution in [-0.4, -0.2) is 35.5 Å². The SMILES string of the molecule is CC(C)(C)OC(=O)NC(Cc1cc(F)cc(F)c1)C(O)CNC1(c2cccc(I)c2)CC1. The van der Waals surface area contributed by atoms with Crippen molar-refractivity contribution in [1.29, 1.82) is 0 Å². The van der Waals surface area contributed by atoms with Gasteiger partial charge in [0.05, 0.1) is 12.1 Å². The Labute approximate surface area is 201 Å². The Kier molecular flexibility index (Phi) is 7.77. The number of hydrogen-bond acceptors (Lipinski definition) is 4. The molecule has 32 heavy (non-hydrogen) atoms. The van der Waals surface area contributed by atoms with Crippen LogP contribution < -0.4 is 10.6 Å². The van der Waals surface area contributed by atoms with E-state index in [1.807, 2.05) is 12.1 Å². The summed E-state index contributed by atoms with van der Waals surface area (Å²) in [5.41, 5.74) is 0.566. The quantitative estimate of drug-likeness (QED) is 0.413. The third-order valence-electron chi connectivity index (χ3n) is 5.32. The average Bonchev–Trinajstić information content (AvgIpc) is 3.44. The van der Waals surface area contributed by atoms with Crippen molar-refractivity contribution < 1.29 is 23.4 Å². The van der Waals surface area contributed by atoms with Crippen LogP contribution >= 0.6 is 22.6 Å². The maximum absolute atomic E-state index is 13.7. The predicted molar refractivity (Wildman–Crippen MR) is 127 cm³/mol. The standard InChI is InChI=1S/C24H29F2IN2O3/c1-23(2,3)32-22(31)29-20(11-15-9-17(25)13-18(26)10-15)21(30)14-28-24(7-8-24)16-5-4-6-19(27)12-16/h4-6,9-10,12-13,20-21,28,30H,7-8,11,14H2,1-3H3,(H,29,31). The summed E-state index contributed by atoms with van der Waals surface area (Å²) in [6.07, 6.45) is 0.233. The minimum absolute atomic E-state index is 0.0486. The number of aliphatic hydroxyl groups excluding tert-OH is 1. The van der Waals surface area contributed by atoms with Gasteiger partial charge in [0.2, 0.25) is 0 Å². The molecule has 0 heterocycles. The fourth-order valence-corrected chi connectivity index (χ4v) is 4.19. The summed E-state index contributed by atoms with van der Waals surface area (Å²) in [6, 6.07) is 10.6. The monoisotopic (exact) mass is 558 g/mol. The average molecular weight is 558 g/mol. The fraction of sp³-hybridized carbons (Fsp3) is 0.458. The van der Waals surface area contributed by atoms with Gasteiger partial charge >= 0.3 is 6.09 Å². The van der Waals surface area contributed by atoms with Crippen LogP contribution in [0.2, 0.25) is 0 Å². The van der Waals surface area contributed by atoms with Gasteiger partial charge in [0, 0.05) is 21.7 Å². The number of hydrogen-bond donors (Lipinski definition) is 3. The molecule has 174 valence electrons. The number of aliphatic hydroxyl groups is 1. The van der Waals surface area contributed by atoms with Crippen LogP contribution in [0.3, 0.4) is 0 Å². The number of carbonyl (C=O) groups is 1. The highest BCUT2D eigenvalue weighted by Crippen LogP contribution is 2.45. The van der Waals surface area contributed by atoms with Gasteiger partial charge in [-0.15, -0.1) is 0 Å². The lowest BCUT2D eigenvalue weighted by molar-refractivity contribution is 0.0419. The Hall–Kier alpha value is -1.78. The van der Waals surface area contributed by atoms with Gasteiger partial charge in [0.1, 0.15) is 17.2 Å². The van der Waals surface area contributed by atoms with Crippen molar-refractivity contribution in [1.82, 2.24) is 10.6 Å². The van der Waals surface area contributed by atoms with Crippen LogP contribution in [0.4, 0.5) is 13.6 Å². The van der Waals surface area contributed by atoms with Crippen LogP contribution in [0.5, 0.6) is 0 Å². The zero-order chi connectivity index (χ0) is 23.5. The van der Waals surface area contributed by atoms with E-state index >= 15 is 0 Å². The topological polar surface area (TPSA) is 70.6 Å². The lowest BCUT2D eigenvalue weighted by atomic mass is 9.99. The molecule has 0 saturated heterocycles. The van der Waals surface area contributed by atoms with Gasteiger partial charge in [-0.1, -0.05) is 12.1 Å². The van der Waals surface area contributed by atoms with Gasteiger partial charge < -0.3 is 20.5 Å². The van der Waals surface area contributed by atoms with Crippen molar-refractivity contribution >= 4 is 28.7 Å². The highest BCUT2D eigenvalue weighted by atomic mass is 127. The molecule has 8 heteroatoms. The molecule has 2 aromatic carbocycles. The molecule has 2 aromatic rings. The normalized spacial score (nSPS) is 16.8. The zero-order valence-electron chi connectivity index (χ0n) is 18.4. The molecule has 2 atom stereocenters. The fourth-order valence-electron chi connectivity index (χ4n) is 3.65. The Bertz CT molecular complexity index is 940. The second-order valence-electron chi connectivity index (χ2n) is 9.28. The van der Waals surface area contributed by atoms with E-state index in [-0.39, 0.29) is 18.5 Å². The number of carbonyl (C=O) groups excluding carboxylic acids is 1. The molecule has 1 aliphatic rings. The van der Waals surface area contributed by atoms with Gasteiger partial charge in [-0.2, -0.15) is 0 Å². The van der Waals surface area contributed by atoms with E-state index in [4.69, 9.17) is 4.74 Å². The first-order chi connectivity index (χ1) is 15.0. The van der Waals surface area contributed by atoms with E-state index < -0.39 is 35.5 Å². The number of benzene rings is 2. The van der Waals surface area contributed by atoms with Crippen molar-refractivity contribution in [2.45, 2.75) is 63.3 Å². The minimum Gasteiger partial charge on any atom is -0.444 e. The molecule has 0 radical (unpaired) electrons. The van der Waals surface area contributed by atoms with Gasteiger partial charge in [-0.3, -0.25) is 0 Å². The van der Waals surface area contributed by atoms with Crippen LogP contribution in [0.25, 0.3) is 0 Å². The summed E-state index contributed by atoms with van der Waals surface area (Å²) >= 11 is 2.27. The second-order valence-corrected chi connectivity index (χ2v) is 10.5. The Morgan fingerprint density at radius 2 is 1.84 bits per heavy atom. The van der Waals surface area contributed by atoms with E-state index in [1.54, 1.807) is 20.8 Å². The summed E-state index contributed by atoms with van der Waals surface area (Å²) in [5, 5.41) is 17.0. The summed E-state index contributed by atoms with van der Waals surface area (Å²) in [7, 11) is 0. The number of rotatable bonds is 8. The summed E-state index contributed by atoms with van der Waals surface area (Å²) in [5.74, 6) is -1.42. The minimum atomic E-state index is -1.01. The predicted octanol–water partition coefficient (Wildman–Crippen LogP) is 4.65. The first-order valence-corrected chi connectivity index (χ1v) is 11.7. The first-order valence-electron chi connectivity index (χ1n) is 10.6. The van der Waals surface area contributed by atoms with Crippen LogP contribution in [0.15, 0.2) is 42.5 Å². The van der Waals surface area contributed by atoms with E-state index in [1.165, 1.54) is 12.1 Å². The van der Waals surface area contributed by atoms with Crippen LogP contribution in [0, 0.1) is 15.2 Å². The third kappa shape index (κ3) is 7.11. The molecule has 1 fully saturated rings. The lowest BCUT2D eigenvalue weighted by Gasteiger charge is -2.28. The molecule has 0 spiro atoms. The number of nitrogens with one attached hydrogen (secondary N) is 2. The van der Waals surface area contributed by atoms with Crippen molar-refractivity contribution in [3.63, 3.8) is 0 Å². The second kappa shape index (κ2) is 10.0. The first kappa shape index (κ1) is 24.9. The van der Waals surface area contributed by atoms with Gasteiger partial charge in [-0.05, 0) is 98.0 Å². The maximum Gasteiger partial charge on any atom is 0.407 e. The molecule has 1 saturated carbocycles. The van der Waals surface area contributed by atoms with Crippen LogP contribution in [0.1, 0.15) is 44.7 Å². The molecule has 3 rings (SSSR count). The lowest BCUT2D eigenvalue weighted by Crippen LogP contribution is -2.51. The molecule has 1 amide bonds. The smallest absolute Gasteiger partial charge is 0.407 e. The number of amides is 1. The molecule has 0 bridgehead atoms. The molecular weight excluding hydrogens is 529 g/mol. The number of ether oxygens (including phenoxy) is 1. The van der Waals surface area contributed by atoms with Gasteiger partial charge in [-0.25, -0.2) is 13.6 Å². The Morgan fingerprint density at radius 1 is 1.19 bits per heavy atom. The summed E-state index contributed by atoms with van der Waals surface area (Å²) in [4.78, 5) is 12.4. The van der Waals surface area contributed by atoms with E-state index in [9.17, 15) is 18.7 Å². The molecule has 3 N–H and O–H groups in total.